The SMILES string of the molecule is CCCn1cnc2c1c(=S)n(C)c(=O)n2C. The minimum atomic E-state index is -0.140. The Labute approximate surface area is 98.0 Å². The molecule has 0 aliphatic carbocycles. The second-order valence-corrected chi connectivity index (χ2v) is 4.20. The Morgan fingerprint density at radius 1 is 1.38 bits per heavy atom. The van der Waals surface area contributed by atoms with Gasteiger partial charge in [-0.2, -0.15) is 0 Å². The number of imidazole rings is 1. The van der Waals surface area contributed by atoms with Gasteiger partial charge in [-0.05, 0) is 6.42 Å². The molecule has 0 atom stereocenters. The van der Waals surface area contributed by atoms with Crippen LogP contribution in [-0.2, 0) is 20.6 Å². The van der Waals surface area contributed by atoms with Gasteiger partial charge in [0.15, 0.2) is 5.65 Å². The molecule has 0 aliphatic heterocycles. The van der Waals surface area contributed by atoms with Crippen molar-refractivity contribution in [1.82, 2.24) is 18.7 Å². The maximum Gasteiger partial charge on any atom is 0.330 e. The third kappa shape index (κ3) is 1.41. The lowest BCUT2D eigenvalue weighted by molar-refractivity contribution is 0.683. The summed E-state index contributed by atoms with van der Waals surface area (Å²) >= 11 is 5.29. The van der Waals surface area contributed by atoms with Gasteiger partial charge < -0.3 is 4.57 Å². The first kappa shape index (κ1) is 11.1. The van der Waals surface area contributed by atoms with Gasteiger partial charge >= 0.3 is 5.69 Å². The monoisotopic (exact) mass is 238 g/mol. The summed E-state index contributed by atoms with van der Waals surface area (Å²) in [6, 6.07) is 0. The topological polar surface area (TPSA) is 44.8 Å². The highest BCUT2D eigenvalue weighted by molar-refractivity contribution is 7.71. The zero-order valence-corrected chi connectivity index (χ0v) is 10.4. The van der Waals surface area contributed by atoms with E-state index < -0.39 is 0 Å². The van der Waals surface area contributed by atoms with Crippen LogP contribution >= 0.6 is 12.2 Å². The van der Waals surface area contributed by atoms with E-state index in [2.05, 4.69) is 11.9 Å². The van der Waals surface area contributed by atoms with Crippen LogP contribution in [0.1, 0.15) is 13.3 Å². The van der Waals surface area contributed by atoms with Gasteiger partial charge in [0.05, 0.1) is 6.33 Å². The maximum absolute atomic E-state index is 11.8. The minimum absolute atomic E-state index is 0.140. The molecule has 0 bridgehead atoms. The molecule has 6 heteroatoms. The van der Waals surface area contributed by atoms with Gasteiger partial charge in [-0.15, -0.1) is 0 Å². The van der Waals surface area contributed by atoms with Crippen molar-refractivity contribution >= 4 is 23.4 Å². The Morgan fingerprint density at radius 3 is 2.69 bits per heavy atom. The molecule has 5 nitrogen and oxygen atoms in total. The average Bonchev–Trinajstić information content (AvgIpc) is 2.68. The molecule has 16 heavy (non-hydrogen) atoms. The first-order chi connectivity index (χ1) is 7.57. The quantitative estimate of drug-likeness (QED) is 0.739. The fourth-order valence-corrected chi connectivity index (χ4v) is 2.09. The summed E-state index contributed by atoms with van der Waals surface area (Å²) in [6.45, 7) is 2.95. The molecule has 0 fully saturated rings. The largest absolute Gasteiger partial charge is 0.330 e. The van der Waals surface area contributed by atoms with Crippen LogP contribution in [0.4, 0.5) is 0 Å². The molecule has 0 unspecified atom stereocenters. The van der Waals surface area contributed by atoms with E-state index in [9.17, 15) is 4.79 Å². The lowest BCUT2D eigenvalue weighted by Crippen LogP contribution is -2.28. The van der Waals surface area contributed by atoms with Gasteiger partial charge in [0.1, 0.15) is 10.2 Å². The first-order valence-electron chi connectivity index (χ1n) is 5.18. The second kappa shape index (κ2) is 3.86. The zero-order chi connectivity index (χ0) is 11.9. The highest BCUT2D eigenvalue weighted by atomic mass is 32.1. The zero-order valence-electron chi connectivity index (χ0n) is 9.60. The van der Waals surface area contributed by atoms with Crippen LogP contribution in [0, 0.1) is 4.64 Å². The molecule has 0 radical (unpaired) electrons. The number of nitrogens with zero attached hydrogens (tertiary/aromatic N) is 4. The number of aryl methyl sites for hydroxylation is 2. The minimum Gasteiger partial charge on any atom is -0.327 e. The predicted octanol–water partition coefficient (Wildman–Crippen LogP) is 1.21. The van der Waals surface area contributed by atoms with E-state index in [1.807, 2.05) is 4.57 Å². The van der Waals surface area contributed by atoms with Crippen molar-refractivity contribution in [2.45, 2.75) is 19.9 Å². The summed E-state index contributed by atoms with van der Waals surface area (Å²) in [5.74, 6) is 0. The van der Waals surface area contributed by atoms with Gasteiger partial charge in [-0.25, -0.2) is 9.78 Å². The van der Waals surface area contributed by atoms with Crippen molar-refractivity contribution in [1.29, 1.82) is 0 Å². The number of hydrogen-bond acceptors (Lipinski definition) is 3. The summed E-state index contributed by atoms with van der Waals surface area (Å²) in [5, 5.41) is 0. The van der Waals surface area contributed by atoms with Gasteiger partial charge in [-0.3, -0.25) is 9.13 Å². The van der Waals surface area contributed by atoms with Crippen molar-refractivity contribution in [3.8, 4) is 0 Å². The molecule has 0 N–H and O–H groups in total. The molecule has 0 spiro atoms. The molecule has 0 aliphatic rings. The van der Waals surface area contributed by atoms with Crippen LogP contribution in [0.3, 0.4) is 0 Å². The van der Waals surface area contributed by atoms with Crippen LogP contribution in [0.25, 0.3) is 11.2 Å². The summed E-state index contributed by atoms with van der Waals surface area (Å²) in [7, 11) is 3.40. The van der Waals surface area contributed by atoms with Crippen LogP contribution in [0.2, 0.25) is 0 Å². The van der Waals surface area contributed by atoms with Gasteiger partial charge in [0.2, 0.25) is 0 Å². The average molecular weight is 238 g/mol. The Kier molecular flexibility index (Phi) is 2.67. The summed E-state index contributed by atoms with van der Waals surface area (Å²) in [4.78, 5) is 16.0. The van der Waals surface area contributed by atoms with Crippen molar-refractivity contribution < 1.29 is 0 Å². The third-order valence-electron chi connectivity index (χ3n) is 2.68. The van der Waals surface area contributed by atoms with E-state index in [4.69, 9.17) is 12.2 Å². The van der Waals surface area contributed by atoms with E-state index >= 15 is 0 Å². The molecule has 2 heterocycles. The smallest absolute Gasteiger partial charge is 0.327 e. The Bertz CT molecular complexity index is 649. The molecule has 0 saturated carbocycles. The Morgan fingerprint density at radius 2 is 2.06 bits per heavy atom. The van der Waals surface area contributed by atoms with E-state index in [1.165, 1.54) is 9.13 Å². The fraction of sp³-hybridized carbons (Fsp3) is 0.500. The summed E-state index contributed by atoms with van der Waals surface area (Å²) < 4.78 is 5.55. The molecule has 2 rings (SSSR count). The number of fused-ring (bicyclic) bond motifs is 1. The molecule has 2 aromatic rings. The van der Waals surface area contributed by atoms with E-state index in [0.29, 0.717) is 10.3 Å². The molecule has 86 valence electrons. The standard InChI is InChI=1S/C10H14N4OS/c1-4-5-14-6-11-8-7(14)9(16)13(3)10(15)12(8)2/h6H,4-5H2,1-3H3. The predicted molar refractivity (Wildman–Crippen MR) is 65.1 cm³/mol. The van der Waals surface area contributed by atoms with E-state index in [1.54, 1.807) is 20.4 Å². The molecule has 0 amide bonds. The molecule has 0 saturated heterocycles. The van der Waals surface area contributed by atoms with Crippen LogP contribution in [0.5, 0.6) is 0 Å². The van der Waals surface area contributed by atoms with Crippen molar-refractivity contribution in [3.05, 3.63) is 21.5 Å². The lowest BCUT2D eigenvalue weighted by Gasteiger charge is -2.06. The van der Waals surface area contributed by atoms with Crippen LogP contribution in [0.15, 0.2) is 11.1 Å². The van der Waals surface area contributed by atoms with Gasteiger partial charge in [-0.1, -0.05) is 19.1 Å². The number of hydrogen-bond donors (Lipinski definition) is 0. The van der Waals surface area contributed by atoms with E-state index in [0.717, 1.165) is 18.5 Å². The highest BCUT2D eigenvalue weighted by Crippen LogP contribution is 2.12. The molecule has 0 aromatic carbocycles. The normalized spacial score (nSPS) is 11.2. The summed E-state index contributed by atoms with van der Waals surface area (Å²) in [5.41, 5.74) is 1.38. The fourth-order valence-electron chi connectivity index (χ4n) is 1.81. The third-order valence-corrected chi connectivity index (χ3v) is 3.15. The van der Waals surface area contributed by atoms with Gasteiger partial charge in [0, 0.05) is 20.6 Å². The molecular formula is C10H14N4OS. The summed E-state index contributed by atoms with van der Waals surface area (Å²) in [6.07, 6.45) is 2.75. The Hall–Kier alpha value is -1.43. The Balaban J connectivity index is 2.95. The first-order valence-corrected chi connectivity index (χ1v) is 5.59. The molecule has 2 aromatic heterocycles. The molecular weight excluding hydrogens is 224 g/mol. The van der Waals surface area contributed by atoms with Crippen molar-refractivity contribution in [2.24, 2.45) is 14.1 Å². The maximum atomic E-state index is 11.8. The van der Waals surface area contributed by atoms with Crippen LogP contribution in [-0.4, -0.2) is 18.7 Å². The van der Waals surface area contributed by atoms with Crippen molar-refractivity contribution in [3.63, 3.8) is 0 Å². The van der Waals surface area contributed by atoms with Gasteiger partial charge in [0.25, 0.3) is 0 Å². The van der Waals surface area contributed by atoms with Crippen LogP contribution < -0.4 is 5.69 Å². The van der Waals surface area contributed by atoms with E-state index in [-0.39, 0.29) is 5.69 Å². The second-order valence-electron chi connectivity index (χ2n) is 3.82. The van der Waals surface area contributed by atoms with Crippen molar-refractivity contribution in [2.75, 3.05) is 0 Å². The highest BCUT2D eigenvalue weighted by Gasteiger charge is 2.10. The number of aromatic nitrogens is 4. The lowest BCUT2D eigenvalue weighted by atomic mass is 10.4. The number of rotatable bonds is 2.